The molecule has 0 aliphatic carbocycles. The van der Waals surface area contributed by atoms with E-state index in [0.29, 0.717) is 5.88 Å². The molecule has 17 heavy (non-hydrogen) atoms. The van der Waals surface area contributed by atoms with Crippen molar-refractivity contribution in [2.45, 2.75) is 0 Å². The lowest BCUT2D eigenvalue weighted by Gasteiger charge is -2.03. The first kappa shape index (κ1) is 11.1. The first-order valence-corrected chi connectivity index (χ1v) is 4.95. The zero-order valence-electron chi connectivity index (χ0n) is 9.16. The lowest BCUT2D eigenvalue weighted by atomic mass is 10.1. The standard InChI is InChI=1S/C12H10N2O3/c1-17-12-8-10(5-6-13-12)9-3-2-4-11(7-9)14(15)16/h2-8H,1H3. The van der Waals surface area contributed by atoms with Crippen molar-refractivity contribution in [3.05, 3.63) is 52.7 Å². The molecule has 0 amide bonds. The van der Waals surface area contributed by atoms with E-state index in [4.69, 9.17) is 4.74 Å². The van der Waals surface area contributed by atoms with Crippen molar-refractivity contribution in [1.29, 1.82) is 0 Å². The molecule has 5 nitrogen and oxygen atoms in total. The van der Waals surface area contributed by atoms with Crippen LogP contribution in [0.15, 0.2) is 42.6 Å². The topological polar surface area (TPSA) is 65.3 Å². The number of nitro benzene ring substituents is 1. The van der Waals surface area contributed by atoms with Gasteiger partial charge in [0.2, 0.25) is 5.88 Å². The monoisotopic (exact) mass is 230 g/mol. The third-order valence-corrected chi connectivity index (χ3v) is 2.33. The van der Waals surface area contributed by atoms with Crippen molar-refractivity contribution in [3.63, 3.8) is 0 Å². The maximum atomic E-state index is 10.7. The summed E-state index contributed by atoms with van der Waals surface area (Å²) in [5.41, 5.74) is 1.67. The molecule has 86 valence electrons. The highest BCUT2D eigenvalue weighted by Crippen LogP contribution is 2.25. The van der Waals surface area contributed by atoms with Crippen LogP contribution in [-0.4, -0.2) is 17.0 Å². The fourth-order valence-electron chi connectivity index (χ4n) is 1.50. The summed E-state index contributed by atoms with van der Waals surface area (Å²) in [5.74, 6) is 0.481. The van der Waals surface area contributed by atoms with Gasteiger partial charge < -0.3 is 4.74 Å². The Kier molecular flexibility index (Phi) is 3.00. The molecule has 0 fully saturated rings. The molecule has 0 aliphatic heterocycles. The molecule has 1 aromatic carbocycles. The number of hydrogen-bond donors (Lipinski definition) is 0. The summed E-state index contributed by atoms with van der Waals surface area (Å²) in [7, 11) is 1.53. The third-order valence-electron chi connectivity index (χ3n) is 2.33. The molecule has 2 aromatic rings. The van der Waals surface area contributed by atoms with E-state index in [9.17, 15) is 10.1 Å². The molecule has 0 atom stereocenters. The van der Waals surface area contributed by atoms with Crippen LogP contribution >= 0.6 is 0 Å². The molecule has 0 saturated carbocycles. The summed E-state index contributed by atoms with van der Waals surface area (Å²) in [5, 5.41) is 10.7. The predicted molar refractivity (Wildman–Crippen MR) is 62.9 cm³/mol. The second-order valence-corrected chi connectivity index (χ2v) is 3.39. The van der Waals surface area contributed by atoms with Crippen molar-refractivity contribution in [2.24, 2.45) is 0 Å². The second-order valence-electron chi connectivity index (χ2n) is 3.39. The molecule has 0 bridgehead atoms. The number of nitrogens with zero attached hydrogens (tertiary/aromatic N) is 2. The van der Waals surface area contributed by atoms with Gasteiger partial charge in [-0.3, -0.25) is 10.1 Å². The van der Waals surface area contributed by atoms with Crippen LogP contribution in [-0.2, 0) is 0 Å². The fourth-order valence-corrected chi connectivity index (χ4v) is 1.50. The number of rotatable bonds is 3. The first-order chi connectivity index (χ1) is 8.20. The van der Waals surface area contributed by atoms with Gasteiger partial charge in [0.05, 0.1) is 12.0 Å². The van der Waals surface area contributed by atoms with Gasteiger partial charge in [-0.15, -0.1) is 0 Å². The van der Waals surface area contributed by atoms with E-state index in [1.165, 1.54) is 19.2 Å². The van der Waals surface area contributed by atoms with Gasteiger partial charge in [-0.1, -0.05) is 12.1 Å². The van der Waals surface area contributed by atoms with Crippen LogP contribution in [0.2, 0.25) is 0 Å². The smallest absolute Gasteiger partial charge is 0.270 e. The normalized spacial score (nSPS) is 9.94. The Bertz CT molecular complexity index is 555. The molecule has 0 N–H and O–H groups in total. The number of hydrogen-bond acceptors (Lipinski definition) is 4. The number of ether oxygens (including phenoxy) is 1. The van der Waals surface area contributed by atoms with Crippen molar-refractivity contribution in [2.75, 3.05) is 7.11 Å². The number of non-ortho nitro benzene ring substituents is 1. The SMILES string of the molecule is COc1cc(-c2cccc([N+](=O)[O-])c2)ccn1. The van der Waals surface area contributed by atoms with E-state index in [2.05, 4.69) is 4.98 Å². The van der Waals surface area contributed by atoms with Crippen LogP contribution in [0, 0.1) is 10.1 Å². The summed E-state index contributed by atoms with van der Waals surface area (Å²) in [6, 6.07) is 9.96. The van der Waals surface area contributed by atoms with Gasteiger partial charge in [0.1, 0.15) is 0 Å². The maximum Gasteiger partial charge on any atom is 0.270 e. The zero-order valence-corrected chi connectivity index (χ0v) is 9.16. The molecule has 1 aromatic heterocycles. The Hall–Kier alpha value is -2.43. The van der Waals surface area contributed by atoms with E-state index in [-0.39, 0.29) is 5.69 Å². The molecule has 0 saturated heterocycles. The zero-order chi connectivity index (χ0) is 12.3. The number of methoxy groups -OCH3 is 1. The second kappa shape index (κ2) is 4.61. The minimum Gasteiger partial charge on any atom is -0.481 e. The summed E-state index contributed by atoms with van der Waals surface area (Å²) in [6.07, 6.45) is 1.60. The van der Waals surface area contributed by atoms with E-state index in [1.54, 1.807) is 24.4 Å². The highest BCUT2D eigenvalue weighted by Gasteiger charge is 2.07. The average Bonchev–Trinajstić information content (AvgIpc) is 2.39. The van der Waals surface area contributed by atoms with Gasteiger partial charge in [-0.05, 0) is 17.2 Å². The van der Waals surface area contributed by atoms with Gasteiger partial charge >= 0.3 is 0 Å². The molecule has 0 radical (unpaired) electrons. The number of nitro groups is 1. The summed E-state index contributed by atoms with van der Waals surface area (Å²) >= 11 is 0. The maximum absolute atomic E-state index is 10.7. The summed E-state index contributed by atoms with van der Waals surface area (Å²) in [4.78, 5) is 14.2. The summed E-state index contributed by atoms with van der Waals surface area (Å²) in [6.45, 7) is 0. The van der Waals surface area contributed by atoms with Gasteiger partial charge in [-0.25, -0.2) is 4.98 Å². The van der Waals surface area contributed by atoms with Crippen molar-refractivity contribution < 1.29 is 9.66 Å². The van der Waals surface area contributed by atoms with Crippen molar-refractivity contribution in [3.8, 4) is 17.0 Å². The Morgan fingerprint density at radius 2 is 2.00 bits per heavy atom. The first-order valence-electron chi connectivity index (χ1n) is 4.95. The Morgan fingerprint density at radius 1 is 1.24 bits per heavy atom. The van der Waals surface area contributed by atoms with E-state index < -0.39 is 4.92 Å². The van der Waals surface area contributed by atoms with Crippen LogP contribution in [0.4, 0.5) is 5.69 Å². The van der Waals surface area contributed by atoms with Crippen LogP contribution < -0.4 is 4.74 Å². The molecule has 1 heterocycles. The molecule has 0 spiro atoms. The number of benzene rings is 1. The van der Waals surface area contributed by atoms with Gasteiger partial charge in [0.15, 0.2) is 0 Å². The molecule has 0 unspecified atom stereocenters. The van der Waals surface area contributed by atoms with Crippen molar-refractivity contribution >= 4 is 5.69 Å². The Labute approximate surface area is 97.8 Å². The van der Waals surface area contributed by atoms with Crippen LogP contribution in [0.1, 0.15) is 0 Å². The largest absolute Gasteiger partial charge is 0.481 e. The van der Waals surface area contributed by atoms with E-state index >= 15 is 0 Å². The Morgan fingerprint density at radius 3 is 2.71 bits per heavy atom. The highest BCUT2D eigenvalue weighted by atomic mass is 16.6. The summed E-state index contributed by atoms with van der Waals surface area (Å²) < 4.78 is 5.01. The van der Waals surface area contributed by atoms with Gasteiger partial charge in [0, 0.05) is 24.4 Å². The lowest BCUT2D eigenvalue weighted by Crippen LogP contribution is -1.90. The van der Waals surface area contributed by atoms with Crippen LogP contribution in [0.3, 0.4) is 0 Å². The average molecular weight is 230 g/mol. The highest BCUT2D eigenvalue weighted by molar-refractivity contribution is 5.66. The van der Waals surface area contributed by atoms with Gasteiger partial charge in [0.25, 0.3) is 5.69 Å². The molecule has 0 aliphatic rings. The molecule has 2 rings (SSSR count). The number of pyridine rings is 1. The molecule has 5 heteroatoms. The molecular formula is C12H10N2O3. The minimum atomic E-state index is -0.415. The van der Waals surface area contributed by atoms with Gasteiger partial charge in [-0.2, -0.15) is 0 Å². The van der Waals surface area contributed by atoms with Crippen LogP contribution in [0.25, 0.3) is 11.1 Å². The fraction of sp³-hybridized carbons (Fsp3) is 0.0833. The quantitative estimate of drug-likeness (QED) is 0.600. The van der Waals surface area contributed by atoms with E-state index in [0.717, 1.165) is 11.1 Å². The molecular weight excluding hydrogens is 220 g/mol. The minimum absolute atomic E-state index is 0.0679. The van der Waals surface area contributed by atoms with Crippen LogP contribution in [0.5, 0.6) is 5.88 Å². The lowest BCUT2D eigenvalue weighted by molar-refractivity contribution is -0.384. The number of aromatic nitrogens is 1. The van der Waals surface area contributed by atoms with E-state index in [1.807, 2.05) is 6.07 Å². The third kappa shape index (κ3) is 2.39. The van der Waals surface area contributed by atoms with Crippen molar-refractivity contribution in [1.82, 2.24) is 4.98 Å². The predicted octanol–water partition coefficient (Wildman–Crippen LogP) is 2.67. The Balaban J connectivity index is 2.45.